The first-order chi connectivity index (χ1) is 18.9. The van der Waals surface area contributed by atoms with Crippen molar-refractivity contribution in [3.05, 3.63) is 118 Å². The summed E-state index contributed by atoms with van der Waals surface area (Å²) in [6.07, 6.45) is 0.568. The molecule has 0 aliphatic carbocycles. The first-order valence-electron chi connectivity index (χ1n) is 13.3. The molecule has 198 valence electrons. The summed E-state index contributed by atoms with van der Waals surface area (Å²) in [7, 11) is 1.62. The number of aryl methyl sites for hydroxylation is 2. The first-order valence-corrected chi connectivity index (χ1v) is 13.3. The van der Waals surface area contributed by atoms with Gasteiger partial charge in [0, 0.05) is 19.2 Å². The van der Waals surface area contributed by atoms with Gasteiger partial charge in [-0.2, -0.15) is 0 Å². The van der Waals surface area contributed by atoms with Gasteiger partial charge < -0.3 is 9.64 Å². The van der Waals surface area contributed by atoms with E-state index >= 15 is 0 Å². The van der Waals surface area contributed by atoms with Gasteiger partial charge in [-0.25, -0.2) is 4.98 Å². The largest absolute Gasteiger partial charge is 0.383 e. The number of ether oxygens (including phenoxy) is 1. The highest BCUT2D eigenvalue weighted by atomic mass is 16.5. The van der Waals surface area contributed by atoms with Crippen molar-refractivity contribution in [1.82, 2.24) is 14.5 Å². The number of nitrogens with zero attached hydrogens (tertiary/aromatic N) is 3. The molecule has 0 N–H and O–H groups in total. The molecule has 1 heterocycles. The van der Waals surface area contributed by atoms with Crippen LogP contribution in [0, 0.1) is 13.8 Å². The molecule has 0 saturated heterocycles. The van der Waals surface area contributed by atoms with Crippen LogP contribution in [0.25, 0.3) is 27.4 Å². The summed E-state index contributed by atoms with van der Waals surface area (Å²) < 4.78 is 7.09. The SMILES string of the molecule is CCC(c1nc2ccccc2c(=O)n1-c1ccc(C)c(C)c1)N(CCOC)C(=O)c1ccc2ccccc2c1. The summed E-state index contributed by atoms with van der Waals surface area (Å²) in [6.45, 7) is 6.81. The standard InChI is InChI=1S/C33H33N3O3/c1-5-30(35(18-19-39-4)32(37)26-16-15-24-10-6-7-11-25(24)21-26)31-34-29-13-9-8-12-28(29)33(38)36(31)27-17-14-22(2)23(3)20-27/h6-17,20-21,30H,5,18-19H2,1-4H3. The summed E-state index contributed by atoms with van der Waals surface area (Å²) in [5.41, 5.74) is 4.00. The quantitative estimate of drug-likeness (QED) is 0.238. The van der Waals surface area contributed by atoms with Crippen LogP contribution in [0.3, 0.4) is 0 Å². The summed E-state index contributed by atoms with van der Waals surface area (Å²) >= 11 is 0. The summed E-state index contributed by atoms with van der Waals surface area (Å²) in [5.74, 6) is 0.411. The van der Waals surface area contributed by atoms with Crippen molar-refractivity contribution in [3.8, 4) is 5.69 Å². The number of methoxy groups -OCH3 is 1. The first kappa shape index (κ1) is 26.3. The van der Waals surface area contributed by atoms with Crippen molar-refractivity contribution in [2.24, 2.45) is 0 Å². The Morgan fingerprint density at radius 3 is 2.41 bits per heavy atom. The zero-order valence-electron chi connectivity index (χ0n) is 22.8. The highest BCUT2D eigenvalue weighted by molar-refractivity contribution is 5.98. The summed E-state index contributed by atoms with van der Waals surface area (Å²) in [5, 5.41) is 2.61. The van der Waals surface area contributed by atoms with Crippen molar-refractivity contribution < 1.29 is 9.53 Å². The molecule has 1 atom stereocenters. The average Bonchev–Trinajstić information content (AvgIpc) is 2.96. The molecule has 6 heteroatoms. The minimum atomic E-state index is -0.460. The average molecular weight is 520 g/mol. The second-order valence-electron chi connectivity index (χ2n) is 9.87. The van der Waals surface area contributed by atoms with Gasteiger partial charge in [-0.3, -0.25) is 14.2 Å². The zero-order chi connectivity index (χ0) is 27.5. The lowest BCUT2D eigenvalue weighted by atomic mass is 10.0. The van der Waals surface area contributed by atoms with Crippen LogP contribution >= 0.6 is 0 Å². The Hall–Kier alpha value is -4.29. The van der Waals surface area contributed by atoms with Gasteiger partial charge in [0.1, 0.15) is 5.82 Å². The Morgan fingerprint density at radius 1 is 0.923 bits per heavy atom. The number of hydrogen-bond donors (Lipinski definition) is 0. The maximum atomic E-state index is 14.1. The molecule has 1 amide bonds. The molecule has 0 saturated carbocycles. The molecule has 39 heavy (non-hydrogen) atoms. The van der Waals surface area contributed by atoms with Crippen LogP contribution in [0.15, 0.2) is 89.7 Å². The van der Waals surface area contributed by atoms with E-state index in [0.717, 1.165) is 27.6 Å². The number of para-hydroxylation sites is 1. The van der Waals surface area contributed by atoms with Crippen LogP contribution in [-0.2, 0) is 4.74 Å². The molecule has 0 fully saturated rings. The summed E-state index contributed by atoms with van der Waals surface area (Å²) in [4.78, 5) is 34.9. The van der Waals surface area contributed by atoms with Crippen LogP contribution in [-0.4, -0.2) is 40.6 Å². The predicted octanol–water partition coefficient (Wildman–Crippen LogP) is 6.40. The lowest BCUT2D eigenvalue weighted by molar-refractivity contribution is 0.0579. The highest BCUT2D eigenvalue weighted by Crippen LogP contribution is 2.29. The van der Waals surface area contributed by atoms with Gasteiger partial charge in [0.2, 0.25) is 0 Å². The van der Waals surface area contributed by atoms with E-state index in [1.54, 1.807) is 22.6 Å². The monoisotopic (exact) mass is 519 g/mol. The maximum Gasteiger partial charge on any atom is 0.266 e. The lowest BCUT2D eigenvalue weighted by Crippen LogP contribution is -2.40. The number of hydrogen-bond acceptors (Lipinski definition) is 4. The van der Waals surface area contributed by atoms with Crippen LogP contribution in [0.5, 0.6) is 0 Å². The fraction of sp³-hybridized carbons (Fsp3) is 0.242. The molecule has 6 nitrogen and oxygen atoms in total. The van der Waals surface area contributed by atoms with Crippen LogP contribution in [0.1, 0.15) is 46.7 Å². The second kappa shape index (κ2) is 11.2. The third kappa shape index (κ3) is 5.08. The number of carbonyl (C=O) groups excluding carboxylic acids is 1. The lowest BCUT2D eigenvalue weighted by Gasteiger charge is -2.32. The molecule has 5 rings (SSSR count). The van der Waals surface area contributed by atoms with Crippen molar-refractivity contribution in [2.75, 3.05) is 20.3 Å². The highest BCUT2D eigenvalue weighted by Gasteiger charge is 2.30. The van der Waals surface area contributed by atoms with Gasteiger partial charge in [-0.1, -0.05) is 55.5 Å². The molecule has 0 aliphatic heterocycles. The molecule has 5 aromatic rings. The predicted molar refractivity (Wildman–Crippen MR) is 157 cm³/mol. The number of rotatable bonds is 8. The van der Waals surface area contributed by atoms with Crippen molar-refractivity contribution in [2.45, 2.75) is 33.2 Å². The van der Waals surface area contributed by atoms with Gasteiger partial charge in [0.05, 0.1) is 29.2 Å². The van der Waals surface area contributed by atoms with E-state index < -0.39 is 6.04 Å². The van der Waals surface area contributed by atoms with E-state index in [2.05, 4.69) is 0 Å². The third-order valence-corrected chi connectivity index (χ3v) is 7.40. The number of aromatic nitrogens is 2. The Kier molecular flexibility index (Phi) is 7.57. The molecular weight excluding hydrogens is 486 g/mol. The minimum absolute atomic E-state index is 0.126. The van der Waals surface area contributed by atoms with E-state index in [1.165, 1.54) is 0 Å². The topological polar surface area (TPSA) is 64.4 Å². The summed E-state index contributed by atoms with van der Waals surface area (Å²) in [6, 6.07) is 26.6. The molecular formula is C33H33N3O3. The van der Waals surface area contributed by atoms with E-state index in [1.807, 2.05) is 99.6 Å². The number of benzene rings is 4. The molecule has 0 radical (unpaired) electrons. The molecule has 0 aliphatic rings. The van der Waals surface area contributed by atoms with Crippen LogP contribution < -0.4 is 5.56 Å². The number of fused-ring (bicyclic) bond motifs is 2. The van der Waals surface area contributed by atoms with E-state index in [9.17, 15) is 9.59 Å². The van der Waals surface area contributed by atoms with E-state index in [0.29, 0.717) is 41.9 Å². The van der Waals surface area contributed by atoms with E-state index in [4.69, 9.17) is 9.72 Å². The van der Waals surface area contributed by atoms with Gasteiger partial charge in [0.15, 0.2) is 0 Å². The Balaban J connectivity index is 1.70. The fourth-order valence-corrected chi connectivity index (χ4v) is 5.11. The van der Waals surface area contributed by atoms with Crippen molar-refractivity contribution >= 4 is 27.6 Å². The van der Waals surface area contributed by atoms with Gasteiger partial charge >= 0.3 is 0 Å². The maximum absolute atomic E-state index is 14.1. The molecule has 1 unspecified atom stereocenters. The smallest absolute Gasteiger partial charge is 0.266 e. The van der Waals surface area contributed by atoms with Gasteiger partial charge in [-0.15, -0.1) is 0 Å². The third-order valence-electron chi connectivity index (χ3n) is 7.40. The normalized spacial score (nSPS) is 12.1. The molecule has 0 spiro atoms. The van der Waals surface area contributed by atoms with Gasteiger partial charge in [0.25, 0.3) is 11.5 Å². The van der Waals surface area contributed by atoms with E-state index in [-0.39, 0.29) is 11.5 Å². The van der Waals surface area contributed by atoms with Crippen LogP contribution in [0.2, 0.25) is 0 Å². The molecule has 4 aromatic carbocycles. The Bertz CT molecular complexity index is 1720. The van der Waals surface area contributed by atoms with Crippen molar-refractivity contribution in [3.63, 3.8) is 0 Å². The Morgan fingerprint density at radius 2 is 1.67 bits per heavy atom. The molecule has 1 aromatic heterocycles. The number of amides is 1. The fourth-order valence-electron chi connectivity index (χ4n) is 5.11. The molecule has 0 bridgehead atoms. The van der Waals surface area contributed by atoms with Crippen molar-refractivity contribution in [1.29, 1.82) is 0 Å². The number of carbonyl (C=O) groups is 1. The second-order valence-corrected chi connectivity index (χ2v) is 9.87. The Labute approximate surface area is 228 Å². The van der Waals surface area contributed by atoms with Gasteiger partial charge in [-0.05, 0) is 78.6 Å². The van der Waals surface area contributed by atoms with Crippen LogP contribution in [0.4, 0.5) is 0 Å². The minimum Gasteiger partial charge on any atom is -0.383 e. The zero-order valence-corrected chi connectivity index (χ0v) is 22.8.